The Balaban J connectivity index is 2.05. The second-order valence-corrected chi connectivity index (χ2v) is 3.86. The lowest BCUT2D eigenvalue weighted by atomic mass is 9.78. The SMILES string of the molecule is OC[C@H]1OC(O)[C@@H]2CCCC[C@H]12. The molecule has 70 valence electrons. The molecule has 1 aliphatic carbocycles. The van der Waals surface area contributed by atoms with E-state index in [1.165, 1.54) is 12.8 Å². The molecule has 0 spiro atoms. The number of hydrogen-bond acceptors (Lipinski definition) is 3. The van der Waals surface area contributed by atoms with E-state index in [1.807, 2.05) is 0 Å². The van der Waals surface area contributed by atoms with Crippen LogP contribution in [0.2, 0.25) is 0 Å². The molecule has 1 heterocycles. The minimum Gasteiger partial charge on any atom is -0.394 e. The summed E-state index contributed by atoms with van der Waals surface area (Å²) in [4.78, 5) is 0. The van der Waals surface area contributed by atoms with E-state index >= 15 is 0 Å². The summed E-state index contributed by atoms with van der Waals surface area (Å²) in [6.45, 7) is 0.0538. The van der Waals surface area contributed by atoms with E-state index < -0.39 is 6.29 Å². The first-order valence-corrected chi connectivity index (χ1v) is 4.77. The molecule has 1 saturated heterocycles. The first-order valence-electron chi connectivity index (χ1n) is 4.77. The Morgan fingerprint density at radius 3 is 2.50 bits per heavy atom. The Morgan fingerprint density at radius 1 is 1.17 bits per heavy atom. The van der Waals surface area contributed by atoms with Crippen molar-refractivity contribution < 1.29 is 14.9 Å². The fourth-order valence-corrected chi connectivity index (χ4v) is 2.56. The topological polar surface area (TPSA) is 49.7 Å². The van der Waals surface area contributed by atoms with E-state index in [1.54, 1.807) is 0 Å². The van der Waals surface area contributed by atoms with Crippen LogP contribution in [-0.2, 0) is 4.74 Å². The third-order valence-corrected chi connectivity index (χ3v) is 3.21. The lowest BCUT2D eigenvalue weighted by Gasteiger charge is -2.26. The average Bonchev–Trinajstić information content (AvgIpc) is 2.44. The highest BCUT2D eigenvalue weighted by atomic mass is 16.6. The predicted molar refractivity (Wildman–Crippen MR) is 43.4 cm³/mol. The highest BCUT2D eigenvalue weighted by Crippen LogP contribution is 2.41. The van der Waals surface area contributed by atoms with Crippen LogP contribution in [0.25, 0.3) is 0 Å². The molecule has 3 heteroatoms. The number of fused-ring (bicyclic) bond motifs is 1. The fourth-order valence-electron chi connectivity index (χ4n) is 2.56. The number of rotatable bonds is 1. The van der Waals surface area contributed by atoms with E-state index in [0.29, 0.717) is 5.92 Å². The smallest absolute Gasteiger partial charge is 0.158 e. The van der Waals surface area contributed by atoms with Gasteiger partial charge in [0, 0.05) is 5.92 Å². The Labute approximate surface area is 72.3 Å². The molecular weight excluding hydrogens is 156 g/mol. The maximum absolute atomic E-state index is 9.49. The van der Waals surface area contributed by atoms with E-state index in [9.17, 15) is 5.11 Å². The lowest BCUT2D eigenvalue weighted by molar-refractivity contribution is -0.117. The molecule has 12 heavy (non-hydrogen) atoms. The van der Waals surface area contributed by atoms with E-state index in [-0.39, 0.29) is 18.6 Å². The summed E-state index contributed by atoms with van der Waals surface area (Å²) in [7, 11) is 0. The zero-order chi connectivity index (χ0) is 8.55. The van der Waals surface area contributed by atoms with Crippen LogP contribution in [0.5, 0.6) is 0 Å². The molecule has 1 unspecified atom stereocenters. The molecule has 2 fully saturated rings. The van der Waals surface area contributed by atoms with Crippen molar-refractivity contribution in [3.8, 4) is 0 Å². The highest BCUT2D eigenvalue weighted by molar-refractivity contribution is 4.88. The second kappa shape index (κ2) is 3.32. The Hall–Kier alpha value is -0.120. The largest absolute Gasteiger partial charge is 0.394 e. The van der Waals surface area contributed by atoms with Crippen molar-refractivity contribution in [2.24, 2.45) is 11.8 Å². The maximum Gasteiger partial charge on any atom is 0.158 e. The molecule has 0 aromatic carbocycles. The highest BCUT2D eigenvalue weighted by Gasteiger charge is 2.43. The lowest BCUT2D eigenvalue weighted by Crippen LogP contribution is -2.27. The third-order valence-electron chi connectivity index (χ3n) is 3.21. The van der Waals surface area contributed by atoms with Crippen molar-refractivity contribution in [2.45, 2.75) is 38.1 Å². The van der Waals surface area contributed by atoms with Gasteiger partial charge in [0.1, 0.15) is 0 Å². The molecule has 1 aliphatic heterocycles. The molecule has 0 radical (unpaired) electrons. The molecule has 1 saturated carbocycles. The van der Waals surface area contributed by atoms with E-state index in [4.69, 9.17) is 9.84 Å². The van der Waals surface area contributed by atoms with Crippen molar-refractivity contribution in [1.29, 1.82) is 0 Å². The maximum atomic E-state index is 9.49. The van der Waals surface area contributed by atoms with Crippen LogP contribution in [0.3, 0.4) is 0 Å². The summed E-state index contributed by atoms with van der Waals surface area (Å²) in [5.74, 6) is 0.689. The van der Waals surface area contributed by atoms with Crippen molar-refractivity contribution in [3.63, 3.8) is 0 Å². The van der Waals surface area contributed by atoms with Crippen molar-refractivity contribution in [3.05, 3.63) is 0 Å². The van der Waals surface area contributed by atoms with Crippen LogP contribution in [-0.4, -0.2) is 29.2 Å². The Kier molecular flexibility index (Phi) is 2.35. The molecule has 3 nitrogen and oxygen atoms in total. The average molecular weight is 172 g/mol. The van der Waals surface area contributed by atoms with Gasteiger partial charge in [-0.15, -0.1) is 0 Å². The summed E-state index contributed by atoms with van der Waals surface area (Å²) < 4.78 is 5.26. The molecule has 0 aromatic rings. The van der Waals surface area contributed by atoms with Crippen molar-refractivity contribution in [2.75, 3.05) is 6.61 Å². The Morgan fingerprint density at radius 2 is 1.83 bits per heavy atom. The van der Waals surface area contributed by atoms with Gasteiger partial charge >= 0.3 is 0 Å². The molecule has 0 aromatic heterocycles. The normalized spacial score (nSPS) is 47.5. The van der Waals surface area contributed by atoms with Crippen LogP contribution < -0.4 is 0 Å². The van der Waals surface area contributed by atoms with Crippen molar-refractivity contribution in [1.82, 2.24) is 0 Å². The van der Waals surface area contributed by atoms with Crippen LogP contribution >= 0.6 is 0 Å². The molecular formula is C9H16O3. The van der Waals surface area contributed by atoms with Gasteiger partial charge in [-0.25, -0.2) is 0 Å². The van der Waals surface area contributed by atoms with Gasteiger partial charge in [0.15, 0.2) is 6.29 Å². The van der Waals surface area contributed by atoms with E-state index in [0.717, 1.165) is 12.8 Å². The molecule has 4 atom stereocenters. The standard InChI is InChI=1S/C9H16O3/c10-5-8-6-3-1-2-4-7(6)9(11)12-8/h6-11H,1-5H2/t6-,7+,8+,9?/m0/s1. The minimum atomic E-state index is -0.618. The zero-order valence-electron chi connectivity index (χ0n) is 7.15. The number of ether oxygens (including phenoxy) is 1. The van der Waals surface area contributed by atoms with Gasteiger partial charge in [-0.1, -0.05) is 12.8 Å². The van der Waals surface area contributed by atoms with Crippen LogP contribution in [0.1, 0.15) is 25.7 Å². The third kappa shape index (κ3) is 1.26. The summed E-state index contributed by atoms with van der Waals surface area (Å²) >= 11 is 0. The van der Waals surface area contributed by atoms with Gasteiger partial charge in [-0.05, 0) is 18.8 Å². The summed E-state index contributed by atoms with van der Waals surface area (Å²) in [6.07, 6.45) is 3.85. The number of aliphatic hydroxyl groups is 2. The predicted octanol–water partition coefficient (Wildman–Crippen LogP) is 0.502. The Bertz CT molecular complexity index is 160. The first-order chi connectivity index (χ1) is 5.83. The first kappa shape index (κ1) is 8.48. The van der Waals surface area contributed by atoms with Gasteiger partial charge in [0.2, 0.25) is 0 Å². The van der Waals surface area contributed by atoms with Crippen LogP contribution in [0.4, 0.5) is 0 Å². The number of aliphatic hydroxyl groups excluding tert-OH is 2. The second-order valence-electron chi connectivity index (χ2n) is 3.86. The quantitative estimate of drug-likeness (QED) is 0.605. The van der Waals surface area contributed by atoms with Gasteiger partial charge in [0.25, 0.3) is 0 Å². The monoisotopic (exact) mass is 172 g/mol. The molecule has 2 aliphatic rings. The summed E-state index contributed by atoms with van der Waals surface area (Å²) in [5.41, 5.74) is 0. The molecule has 2 N–H and O–H groups in total. The van der Waals surface area contributed by atoms with Crippen LogP contribution in [0, 0.1) is 11.8 Å². The molecule has 0 bridgehead atoms. The van der Waals surface area contributed by atoms with Gasteiger partial charge in [-0.2, -0.15) is 0 Å². The molecule has 0 amide bonds. The number of hydrogen-bond donors (Lipinski definition) is 2. The van der Waals surface area contributed by atoms with Crippen molar-refractivity contribution >= 4 is 0 Å². The van der Waals surface area contributed by atoms with Gasteiger partial charge in [0.05, 0.1) is 12.7 Å². The minimum absolute atomic E-state index is 0.0538. The van der Waals surface area contributed by atoms with Gasteiger partial charge in [-0.3, -0.25) is 0 Å². The van der Waals surface area contributed by atoms with Crippen LogP contribution in [0.15, 0.2) is 0 Å². The van der Waals surface area contributed by atoms with Gasteiger partial charge < -0.3 is 14.9 Å². The summed E-state index contributed by atoms with van der Waals surface area (Å²) in [5, 5.41) is 18.5. The fraction of sp³-hybridized carbons (Fsp3) is 1.00. The summed E-state index contributed by atoms with van der Waals surface area (Å²) in [6, 6.07) is 0. The van der Waals surface area contributed by atoms with E-state index in [2.05, 4.69) is 0 Å². The zero-order valence-corrected chi connectivity index (χ0v) is 7.15. The molecule has 2 rings (SSSR count).